The van der Waals surface area contributed by atoms with Crippen LogP contribution in [0.2, 0.25) is 10.3 Å². The molecular formula is C10H13BrCl2N2O. The van der Waals surface area contributed by atoms with Crippen molar-refractivity contribution in [2.45, 2.75) is 32.8 Å². The van der Waals surface area contributed by atoms with E-state index in [0.29, 0.717) is 27.2 Å². The summed E-state index contributed by atoms with van der Waals surface area (Å²) in [6, 6.07) is 0. The summed E-state index contributed by atoms with van der Waals surface area (Å²) in [5, 5.41) is 0.601. The van der Waals surface area contributed by atoms with Crippen LogP contribution in [-0.4, -0.2) is 16.6 Å². The number of rotatable bonds is 4. The quantitative estimate of drug-likeness (QED) is 0.777. The van der Waals surface area contributed by atoms with Crippen LogP contribution < -0.4 is 0 Å². The van der Waals surface area contributed by atoms with Crippen molar-refractivity contribution in [1.29, 1.82) is 0 Å². The Morgan fingerprint density at radius 3 is 2.12 bits per heavy atom. The maximum Gasteiger partial charge on any atom is 0.163 e. The molecule has 1 heterocycles. The zero-order chi connectivity index (χ0) is 12.3. The normalized spacial score (nSPS) is 14.9. The number of hydrogen-bond acceptors (Lipinski definition) is 3. The van der Waals surface area contributed by atoms with Crippen LogP contribution in [0.15, 0.2) is 4.47 Å². The molecule has 0 amide bonds. The predicted octanol–water partition coefficient (Wildman–Crippen LogP) is 4.21. The minimum Gasteiger partial charge on any atom is -0.368 e. The molecule has 16 heavy (non-hydrogen) atoms. The van der Waals surface area contributed by atoms with Gasteiger partial charge in [-0.15, -0.1) is 0 Å². The van der Waals surface area contributed by atoms with Gasteiger partial charge in [-0.25, -0.2) is 9.97 Å². The van der Waals surface area contributed by atoms with Crippen molar-refractivity contribution in [3.05, 3.63) is 20.6 Å². The molecular weight excluding hydrogens is 315 g/mol. The third-order valence-corrected chi connectivity index (χ3v) is 4.14. The van der Waals surface area contributed by atoms with Gasteiger partial charge in [0.25, 0.3) is 0 Å². The van der Waals surface area contributed by atoms with Gasteiger partial charge in [0.05, 0.1) is 4.47 Å². The average Bonchev–Trinajstić information content (AvgIpc) is 2.25. The third-order valence-electron chi connectivity index (χ3n) is 2.38. The molecule has 1 aromatic rings. The Labute approximate surface area is 114 Å². The smallest absolute Gasteiger partial charge is 0.163 e. The van der Waals surface area contributed by atoms with Gasteiger partial charge >= 0.3 is 0 Å². The second kappa shape index (κ2) is 5.63. The summed E-state index contributed by atoms with van der Waals surface area (Å²) >= 11 is 15.1. The standard InChI is InChI=1S/C10H13BrCl2N2O/c1-4-10(3,16-5-2)9-14-7(12)6(11)8(13)15-9/h4-5H2,1-3H3. The van der Waals surface area contributed by atoms with Gasteiger partial charge in [0.15, 0.2) is 5.82 Å². The Kier molecular flexibility index (Phi) is 4.98. The van der Waals surface area contributed by atoms with Gasteiger partial charge in [-0.2, -0.15) is 0 Å². The average molecular weight is 328 g/mol. The first kappa shape index (κ1) is 14.2. The number of hydrogen-bond donors (Lipinski definition) is 0. The highest BCUT2D eigenvalue weighted by Gasteiger charge is 2.29. The third kappa shape index (κ3) is 2.86. The highest BCUT2D eigenvalue weighted by atomic mass is 79.9. The monoisotopic (exact) mass is 326 g/mol. The van der Waals surface area contributed by atoms with Crippen LogP contribution in [0, 0.1) is 0 Å². The van der Waals surface area contributed by atoms with E-state index in [1.54, 1.807) is 0 Å². The summed E-state index contributed by atoms with van der Waals surface area (Å²) in [4.78, 5) is 8.39. The lowest BCUT2D eigenvalue weighted by Crippen LogP contribution is -2.28. The molecule has 0 aromatic carbocycles. The van der Waals surface area contributed by atoms with E-state index in [0.717, 1.165) is 6.42 Å². The van der Waals surface area contributed by atoms with Crippen LogP contribution in [0.4, 0.5) is 0 Å². The molecule has 6 heteroatoms. The Balaban J connectivity index is 3.21. The van der Waals surface area contributed by atoms with Crippen molar-refractivity contribution in [2.24, 2.45) is 0 Å². The maximum atomic E-state index is 5.94. The molecule has 0 aliphatic heterocycles. The first-order chi connectivity index (χ1) is 7.44. The highest BCUT2D eigenvalue weighted by molar-refractivity contribution is 9.10. The van der Waals surface area contributed by atoms with Gasteiger partial charge in [0.2, 0.25) is 0 Å². The molecule has 0 saturated heterocycles. The van der Waals surface area contributed by atoms with E-state index in [4.69, 9.17) is 27.9 Å². The Bertz CT molecular complexity index is 366. The van der Waals surface area contributed by atoms with Gasteiger partial charge in [-0.3, -0.25) is 0 Å². The van der Waals surface area contributed by atoms with Gasteiger partial charge < -0.3 is 4.74 Å². The van der Waals surface area contributed by atoms with E-state index in [-0.39, 0.29) is 0 Å². The largest absolute Gasteiger partial charge is 0.368 e. The molecule has 3 nitrogen and oxygen atoms in total. The molecule has 0 aliphatic rings. The van der Waals surface area contributed by atoms with Crippen LogP contribution in [-0.2, 0) is 10.3 Å². The second-order valence-corrected chi connectivity index (χ2v) is 4.97. The summed E-state index contributed by atoms with van der Waals surface area (Å²) in [6.45, 7) is 6.43. The van der Waals surface area contributed by atoms with E-state index in [1.807, 2.05) is 20.8 Å². The molecule has 0 N–H and O–H groups in total. The fourth-order valence-electron chi connectivity index (χ4n) is 1.27. The predicted molar refractivity (Wildman–Crippen MR) is 69.0 cm³/mol. The molecule has 1 atom stereocenters. The van der Waals surface area contributed by atoms with E-state index in [2.05, 4.69) is 25.9 Å². The Hall–Kier alpha value is 0.1000. The van der Waals surface area contributed by atoms with Crippen LogP contribution in [0.1, 0.15) is 33.0 Å². The number of nitrogens with zero attached hydrogens (tertiary/aromatic N) is 2. The molecule has 0 aliphatic carbocycles. The highest BCUT2D eigenvalue weighted by Crippen LogP contribution is 2.32. The molecule has 1 rings (SSSR count). The lowest BCUT2D eigenvalue weighted by Gasteiger charge is -2.26. The molecule has 0 fully saturated rings. The molecule has 0 radical (unpaired) electrons. The SMILES string of the molecule is CCOC(C)(CC)c1nc(Cl)c(Br)c(Cl)n1. The molecule has 1 aromatic heterocycles. The molecule has 0 spiro atoms. The van der Waals surface area contributed by atoms with Crippen molar-refractivity contribution in [1.82, 2.24) is 9.97 Å². The number of aromatic nitrogens is 2. The van der Waals surface area contributed by atoms with Crippen molar-refractivity contribution in [3.8, 4) is 0 Å². The van der Waals surface area contributed by atoms with Crippen LogP contribution in [0.5, 0.6) is 0 Å². The fourth-order valence-corrected chi connectivity index (χ4v) is 1.84. The summed E-state index contributed by atoms with van der Waals surface area (Å²) in [5.41, 5.74) is -0.553. The minimum absolute atomic E-state index is 0.300. The number of halogens is 3. The van der Waals surface area contributed by atoms with Crippen LogP contribution >= 0.6 is 39.1 Å². The lowest BCUT2D eigenvalue weighted by molar-refractivity contribution is -0.0390. The zero-order valence-electron chi connectivity index (χ0n) is 9.35. The van der Waals surface area contributed by atoms with E-state index in [9.17, 15) is 0 Å². The molecule has 0 bridgehead atoms. The summed E-state index contributed by atoms with van der Waals surface area (Å²) in [6.07, 6.45) is 0.745. The molecule has 1 unspecified atom stereocenters. The van der Waals surface area contributed by atoms with Crippen molar-refractivity contribution in [2.75, 3.05) is 6.61 Å². The lowest BCUT2D eigenvalue weighted by atomic mass is 10.0. The first-order valence-corrected chi connectivity index (χ1v) is 6.52. The summed E-state index contributed by atoms with van der Waals surface area (Å²) in [5.74, 6) is 0.509. The van der Waals surface area contributed by atoms with Gasteiger partial charge in [-0.05, 0) is 36.2 Å². The van der Waals surface area contributed by atoms with Gasteiger partial charge in [-0.1, -0.05) is 30.1 Å². The molecule has 0 saturated carbocycles. The van der Waals surface area contributed by atoms with Gasteiger partial charge in [0.1, 0.15) is 15.9 Å². The molecule has 90 valence electrons. The van der Waals surface area contributed by atoms with Crippen LogP contribution in [0.25, 0.3) is 0 Å². The van der Waals surface area contributed by atoms with Gasteiger partial charge in [0, 0.05) is 6.61 Å². The van der Waals surface area contributed by atoms with E-state index < -0.39 is 5.60 Å². The maximum absolute atomic E-state index is 5.94. The van der Waals surface area contributed by atoms with E-state index >= 15 is 0 Å². The Morgan fingerprint density at radius 2 is 1.75 bits per heavy atom. The van der Waals surface area contributed by atoms with E-state index in [1.165, 1.54) is 0 Å². The second-order valence-electron chi connectivity index (χ2n) is 3.46. The summed E-state index contributed by atoms with van der Waals surface area (Å²) < 4.78 is 6.17. The Morgan fingerprint density at radius 1 is 1.25 bits per heavy atom. The topological polar surface area (TPSA) is 35.0 Å². The first-order valence-electron chi connectivity index (χ1n) is 4.97. The number of ether oxygens (including phenoxy) is 1. The van der Waals surface area contributed by atoms with Crippen molar-refractivity contribution in [3.63, 3.8) is 0 Å². The zero-order valence-corrected chi connectivity index (χ0v) is 12.4. The van der Waals surface area contributed by atoms with Crippen molar-refractivity contribution >= 4 is 39.1 Å². The summed E-state index contributed by atoms with van der Waals surface area (Å²) in [7, 11) is 0. The van der Waals surface area contributed by atoms with Crippen LogP contribution in [0.3, 0.4) is 0 Å². The fraction of sp³-hybridized carbons (Fsp3) is 0.600. The minimum atomic E-state index is -0.553. The van der Waals surface area contributed by atoms with Crippen molar-refractivity contribution < 1.29 is 4.74 Å².